The van der Waals surface area contributed by atoms with Crippen molar-refractivity contribution in [1.82, 2.24) is 10.2 Å². The first-order chi connectivity index (χ1) is 12.2. The van der Waals surface area contributed by atoms with Crippen LogP contribution in [0.4, 0.5) is 4.79 Å². The monoisotopic (exact) mass is 342 g/mol. The molecule has 0 saturated carbocycles. The second-order valence-corrected chi connectivity index (χ2v) is 5.67. The molecular formula is C20H26N2O3. The molecule has 1 N–H and O–H groups in total. The maximum Gasteiger partial charge on any atom is 0.317 e. The highest BCUT2D eigenvalue weighted by Gasteiger charge is 2.11. The van der Waals surface area contributed by atoms with Gasteiger partial charge in [-0.25, -0.2) is 4.79 Å². The molecule has 0 unspecified atom stereocenters. The van der Waals surface area contributed by atoms with Crippen molar-refractivity contribution < 1.29 is 14.3 Å². The number of nitrogens with one attached hydrogen (secondary N) is 1. The molecule has 0 heterocycles. The van der Waals surface area contributed by atoms with Crippen molar-refractivity contribution in [3.05, 3.63) is 59.7 Å². The maximum atomic E-state index is 12.4. The Bertz CT molecular complexity index is 674. The topological polar surface area (TPSA) is 50.8 Å². The Morgan fingerprint density at radius 3 is 2.36 bits per heavy atom. The van der Waals surface area contributed by atoms with Gasteiger partial charge in [0.15, 0.2) is 11.5 Å². The van der Waals surface area contributed by atoms with E-state index in [4.69, 9.17) is 9.47 Å². The fraction of sp³-hybridized carbons (Fsp3) is 0.350. The lowest BCUT2D eigenvalue weighted by Crippen LogP contribution is -2.40. The van der Waals surface area contributed by atoms with Crippen LogP contribution in [0.2, 0.25) is 0 Å². The standard InChI is InChI=1S/C20H26N2O3/c1-4-22(15-17-8-6-5-7-9-17)20(23)21-13-12-16-10-11-18(24-2)19(14-16)25-3/h5-11,14H,4,12-13,15H2,1-3H3,(H,21,23). The molecule has 0 aliphatic heterocycles. The fourth-order valence-electron chi connectivity index (χ4n) is 2.59. The molecule has 0 atom stereocenters. The summed E-state index contributed by atoms with van der Waals surface area (Å²) in [6.45, 7) is 3.83. The van der Waals surface area contributed by atoms with Crippen LogP contribution in [0.25, 0.3) is 0 Å². The Balaban J connectivity index is 1.86. The highest BCUT2D eigenvalue weighted by atomic mass is 16.5. The van der Waals surface area contributed by atoms with Gasteiger partial charge in [-0.15, -0.1) is 0 Å². The van der Waals surface area contributed by atoms with E-state index in [9.17, 15) is 4.79 Å². The smallest absolute Gasteiger partial charge is 0.317 e. The number of hydrogen-bond donors (Lipinski definition) is 1. The highest BCUT2D eigenvalue weighted by Crippen LogP contribution is 2.27. The van der Waals surface area contributed by atoms with Crippen molar-refractivity contribution in [3.63, 3.8) is 0 Å². The number of hydrogen-bond acceptors (Lipinski definition) is 3. The van der Waals surface area contributed by atoms with Crippen molar-refractivity contribution in [3.8, 4) is 11.5 Å². The lowest BCUT2D eigenvalue weighted by molar-refractivity contribution is 0.198. The first-order valence-corrected chi connectivity index (χ1v) is 8.45. The number of carbonyl (C=O) groups is 1. The summed E-state index contributed by atoms with van der Waals surface area (Å²) in [5.41, 5.74) is 2.21. The predicted octanol–water partition coefficient (Wildman–Crippen LogP) is 3.48. The summed E-state index contributed by atoms with van der Waals surface area (Å²) in [5.74, 6) is 1.40. The molecular weight excluding hydrogens is 316 g/mol. The van der Waals surface area contributed by atoms with Gasteiger partial charge in [0.1, 0.15) is 0 Å². The molecule has 5 nitrogen and oxygen atoms in total. The number of nitrogens with zero attached hydrogens (tertiary/aromatic N) is 1. The van der Waals surface area contributed by atoms with Gasteiger partial charge in [-0.1, -0.05) is 36.4 Å². The normalized spacial score (nSPS) is 10.2. The number of rotatable bonds is 8. The lowest BCUT2D eigenvalue weighted by Gasteiger charge is -2.21. The SMILES string of the molecule is CCN(Cc1ccccc1)C(=O)NCCc1ccc(OC)c(OC)c1. The number of methoxy groups -OCH3 is 2. The summed E-state index contributed by atoms with van der Waals surface area (Å²) in [6.07, 6.45) is 0.731. The Labute approximate surface area is 149 Å². The van der Waals surface area contributed by atoms with Crippen LogP contribution in [0.3, 0.4) is 0 Å². The molecule has 2 aromatic rings. The van der Waals surface area contributed by atoms with E-state index >= 15 is 0 Å². The quantitative estimate of drug-likeness (QED) is 0.799. The Hall–Kier alpha value is -2.69. The predicted molar refractivity (Wildman–Crippen MR) is 99.2 cm³/mol. The second-order valence-electron chi connectivity index (χ2n) is 5.67. The second kappa shape index (κ2) is 9.57. The minimum absolute atomic E-state index is 0.0492. The van der Waals surface area contributed by atoms with E-state index in [1.54, 1.807) is 19.1 Å². The summed E-state index contributed by atoms with van der Waals surface area (Å²) < 4.78 is 10.5. The third kappa shape index (κ3) is 5.41. The number of benzene rings is 2. The summed E-state index contributed by atoms with van der Waals surface area (Å²) in [7, 11) is 3.23. The molecule has 25 heavy (non-hydrogen) atoms. The van der Waals surface area contributed by atoms with Gasteiger partial charge in [0.2, 0.25) is 0 Å². The summed E-state index contributed by atoms with van der Waals surface area (Å²) >= 11 is 0. The third-order valence-electron chi connectivity index (χ3n) is 4.02. The first kappa shape index (κ1) is 18.6. The minimum atomic E-state index is -0.0492. The van der Waals surface area contributed by atoms with Crippen molar-refractivity contribution in [1.29, 1.82) is 0 Å². The molecule has 2 amide bonds. The van der Waals surface area contributed by atoms with Crippen LogP contribution >= 0.6 is 0 Å². The van der Waals surface area contributed by atoms with Crippen LogP contribution in [-0.4, -0.2) is 38.2 Å². The molecule has 0 fully saturated rings. The van der Waals surface area contributed by atoms with Gasteiger partial charge in [-0.05, 0) is 36.6 Å². The van der Waals surface area contributed by atoms with E-state index in [0.29, 0.717) is 31.1 Å². The maximum absolute atomic E-state index is 12.4. The molecule has 0 saturated heterocycles. The van der Waals surface area contributed by atoms with Crippen LogP contribution in [0, 0.1) is 0 Å². The van der Waals surface area contributed by atoms with Crippen LogP contribution in [0.5, 0.6) is 11.5 Å². The van der Waals surface area contributed by atoms with Crippen molar-refractivity contribution in [2.75, 3.05) is 27.3 Å². The van der Waals surface area contributed by atoms with E-state index in [1.807, 2.05) is 55.5 Å². The van der Waals surface area contributed by atoms with Gasteiger partial charge in [0.05, 0.1) is 14.2 Å². The van der Waals surface area contributed by atoms with E-state index in [0.717, 1.165) is 17.5 Å². The fourth-order valence-corrected chi connectivity index (χ4v) is 2.59. The van der Waals surface area contributed by atoms with Crippen molar-refractivity contribution in [2.24, 2.45) is 0 Å². The van der Waals surface area contributed by atoms with E-state index in [-0.39, 0.29) is 6.03 Å². The van der Waals surface area contributed by atoms with Gasteiger partial charge in [0.25, 0.3) is 0 Å². The summed E-state index contributed by atoms with van der Waals surface area (Å²) in [5, 5.41) is 2.98. The molecule has 2 aromatic carbocycles. The Kier molecular flexibility index (Phi) is 7.14. The van der Waals surface area contributed by atoms with E-state index in [2.05, 4.69) is 5.32 Å². The van der Waals surface area contributed by atoms with Gasteiger partial charge in [0, 0.05) is 19.6 Å². The van der Waals surface area contributed by atoms with Crippen LogP contribution in [0.15, 0.2) is 48.5 Å². The zero-order valence-electron chi connectivity index (χ0n) is 15.1. The highest BCUT2D eigenvalue weighted by molar-refractivity contribution is 5.74. The first-order valence-electron chi connectivity index (χ1n) is 8.45. The Morgan fingerprint density at radius 2 is 1.72 bits per heavy atom. The number of ether oxygens (including phenoxy) is 2. The molecule has 2 rings (SSSR count). The molecule has 0 bridgehead atoms. The third-order valence-corrected chi connectivity index (χ3v) is 4.02. The van der Waals surface area contributed by atoms with Gasteiger partial charge in [-0.2, -0.15) is 0 Å². The Morgan fingerprint density at radius 1 is 1.00 bits per heavy atom. The van der Waals surface area contributed by atoms with Gasteiger partial charge < -0.3 is 19.7 Å². The molecule has 0 aliphatic carbocycles. The largest absolute Gasteiger partial charge is 0.493 e. The number of carbonyl (C=O) groups excluding carboxylic acids is 1. The van der Waals surface area contributed by atoms with Gasteiger partial charge >= 0.3 is 6.03 Å². The van der Waals surface area contributed by atoms with Crippen molar-refractivity contribution in [2.45, 2.75) is 19.9 Å². The minimum Gasteiger partial charge on any atom is -0.493 e. The van der Waals surface area contributed by atoms with Crippen LogP contribution < -0.4 is 14.8 Å². The zero-order chi connectivity index (χ0) is 18.1. The molecule has 5 heteroatoms. The van der Waals surface area contributed by atoms with Gasteiger partial charge in [-0.3, -0.25) is 0 Å². The number of urea groups is 1. The average molecular weight is 342 g/mol. The van der Waals surface area contributed by atoms with Crippen LogP contribution in [-0.2, 0) is 13.0 Å². The molecule has 134 valence electrons. The summed E-state index contributed by atoms with van der Waals surface area (Å²) in [4.78, 5) is 14.2. The zero-order valence-corrected chi connectivity index (χ0v) is 15.1. The van der Waals surface area contributed by atoms with E-state index in [1.165, 1.54) is 0 Å². The number of amides is 2. The van der Waals surface area contributed by atoms with E-state index < -0.39 is 0 Å². The lowest BCUT2D eigenvalue weighted by atomic mass is 10.1. The molecule has 0 spiro atoms. The molecule has 0 aliphatic rings. The van der Waals surface area contributed by atoms with Crippen LogP contribution in [0.1, 0.15) is 18.1 Å². The molecule has 0 aromatic heterocycles. The summed E-state index contributed by atoms with van der Waals surface area (Å²) in [6, 6.07) is 15.7. The average Bonchev–Trinajstić information content (AvgIpc) is 2.66. The van der Waals surface area contributed by atoms with Crippen molar-refractivity contribution >= 4 is 6.03 Å². The molecule has 0 radical (unpaired) electrons.